The smallest absolute Gasteiger partial charge is 0.256 e. The fourth-order valence-electron chi connectivity index (χ4n) is 2.50. The number of amides is 1. The van der Waals surface area contributed by atoms with Crippen LogP contribution in [0.1, 0.15) is 33.6 Å². The minimum Gasteiger partial charge on any atom is -0.330 e. The van der Waals surface area contributed by atoms with Crippen LogP contribution in [-0.2, 0) is 4.79 Å². The highest BCUT2D eigenvalue weighted by atomic mass is 16.2. The highest BCUT2D eigenvalue weighted by Crippen LogP contribution is 2.33. The Hall–Kier alpha value is -1.68. The molecule has 1 heterocycles. The van der Waals surface area contributed by atoms with Crippen LogP contribution in [0.15, 0.2) is 35.4 Å². The van der Waals surface area contributed by atoms with Gasteiger partial charge in [0.1, 0.15) is 0 Å². The Kier molecular flexibility index (Phi) is 4.23. The topological polar surface area (TPSA) is 58.7 Å². The second kappa shape index (κ2) is 5.75. The number of benzene rings is 1. The van der Waals surface area contributed by atoms with Gasteiger partial charge in [0.15, 0.2) is 0 Å². The largest absolute Gasteiger partial charge is 0.330 e. The summed E-state index contributed by atoms with van der Waals surface area (Å²) in [6.07, 6.45) is 1.61. The Bertz CT molecular complexity index is 502. The van der Waals surface area contributed by atoms with E-state index in [1.54, 1.807) is 5.01 Å². The van der Waals surface area contributed by atoms with Crippen molar-refractivity contribution < 1.29 is 4.79 Å². The molecule has 0 spiro atoms. The highest BCUT2D eigenvalue weighted by molar-refractivity contribution is 6.17. The van der Waals surface area contributed by atoms with Gasteiger partial charge in [-0.15, -0.1) is 0 Å². The molecule has 1 unspecified atom stereocenters. The zero-order valence-electron chi connectivity index (χ0n) is 12.5. The minimum atomic E-state index is -0.140. The van der Waals surface area contributed by atoms with E-state index in [1.807, 2.05) is 30.3 Å². The zero-order chi connectivity index (χ0) is 14.8. The number of carbonyl (C=O) groups excluding carboxylic acids is 1. The molecule has 0 bridgehead atoms. The average molecular weight is 273 g/mol. The number of hydrogen-bond donors (Lipinski definition) is 1. The molecule has 1 aliphatic heterocycles. The third kappa shape index (κ3) is 2.90. The summed E-state index contributed by atoms with van der Waals surface area (Å²) in [5, 5.41) is 6.15. The first-order chi connectivity index (χ1) is 9.45. The van der Waals surface area contributed by atoms with Gasteiger partial charge in [0, 0.05) is 5.41 Å². The van der Waals surface area contributed by atoms with E-state index in [2.05, 4.69) is 25.9 Å². The lowest BCUT2D eigenvalue weighted by Gasteiger charge is -2.22. The summed E-state index contributed by atoms with van der Waals surface area (Å²) in [7, 11) is 0. The second-order valence-corrected chi connectivity index (χ2v) is 6.20. The second-order valence-electron chi connectivity index (χ2n) is 6.20. The number of hydrogen-bond acceptors (Lipinski definition) is 3. The molecule has 4 nitrogen and oxygen atoms in total. The van der Waals surface area contributed by atoms with Crippen molar-refractivity contribution in [1.82, 2.24) is 0 Å². The van der Waals surface area contributed by atoms with Gasteiger partial charge in [-0.2, -0.15) is 5.10 Å². The van der Waals surface area contributed by atoms with Crippen LogP contribution in [-0.4, -0.2) is 18.2 Å². The van der Waals surface area contributed by atoms with Gasteiger partial charge < -0.3 is 5.73 Å². The maximum Gasteiger partial charge on any atom is 0.256 e. The first-order valence-electron chi connectivity index (χ1n) is 7.13. The lowest BCUT2D eigenvalue weighted by Crippen LogP contribution is -2.32. The molecule has 1 aromatic carbocycles. The molecule has 1 aromatic rings. The first kappa shape index (κ1) is 14.7. The van der Waals surface area contributed by atoms with Crippen LogP contribution >= 0.6 is 0 Å². The predicted molar refractivity (Wildman–Crippen MR) is 82.6 cm³/mol. The van der Waals surface area contributed by atoms with Gasteiger partial charge in [0.2, 0.25) is 0 Å². The molecule has 1 atom stereocenters. The van der Waals surface area contributed by atoms with E-state index in [4.69, 9.17) is 5.73 Å². The lowest BCUT2D eigenvalue weighted by molar-refractivity contribution is -0.120. The maximum absolute atomic E-state index is 12.6. The zero-order valence-corrected chi connectivity index (χ0v) is 12.5. The number of hydrazone groups is 1. The molecule has 1 aliphatic rings. The molecular weight excluding hydrogens is 250 g/mol. The molecular formula is C16H23N3O. The van der Waals surface area contributed by atoms with Gasteiger partial charge in [0.25, 0.3) is 5.91 Å². The Balaban J connectivity index is 2.33. The molecule has 2 rings (SSSR count). The van der Waals surface area contributed by atoms with E-state index in [1.165, 1.54) is 0 Å². The van der Waals surface area contributed by atoms with Crippen LogP contribution in [0, 0.1) is 11.3 Å². The summed E-state index contributed by atoms with van der Waals surface area (Å²) in [6.45, 7) is 6.90. The van der Waals surface area contributed by atoms with Crippen molar-refractivity contribution in [3.05, 3.63) is 30.3 Å². The average Bonchev–Trinajstić information content (AvgIpc) is 2.74. The summed E-state index contributed by atoms with van der Waals surface area (Å²) in [6, 6.07) is 9.59. The maximum atomic E-state index is 12.6. The molecule has 4 heteroatoms. The van der Waals surface area contributed by atoms with Crippen LogP contribution in [0.4, 0.5) is 5.69 Å². The van der Waals surface area contributed by atoms with Crippen LogP contribution in [0.3, 0.4) is 0 Å². The molecule has 108 valence electrons. The van der Waals surface area contributed by atoms with Gasteiger partial charge in [-0.05, 0) is 31.5 Å². The summed E-state index contributed by atoms with van der Waals surface area (Å²) in [5.41, 5.74) is 7.26. The van der Waals surface area contributed by atoms with Crippen LogP contribution in [0.2, 0.25) is 0 Å². The number of carbonyl (C=O) groups is 1. The molecule has 2 N–H and O–H groups in total. The Morgan fingerprint density at radius 3 is 2.45 bits per heavy atom. The summed E-state index contributed by atoms with van der Waals surface area (Å²) in [5.74, 6) is -0.0756. The van der Waals surface area contributed by atoms with Gasteiger partial charge in [-0.1, -0.05) is 39.0 Å². The highest BCUT2D eigenvalue weighted by Gasteiger charge is 2.40. The number of para-hydroxylation sites is 1. The quantitative estimate of drug-likeness (QED) is 0.917. The molecule has 0 radical (unpaired) electrons. The fraction of sp³-hybridized carbons (Fsp3) is 0.500. The van der Waals surface area contributed by atoms with Crippen molar-refractivity contribution in [2.24, 2.45) is 22.2 Å². The number of anilines is 1. The summed E-state index contributed by atoms with van der Waals surface area (Å²) in [4.78, 5) is 12.6. The third-order valence-corrected chi connectivity index (χ3v) is 3.51. The van der Waals surface area contributed by atoms with Crippen LogP contribution in [0.25, 0.3) is 0 Å². The molecule has 1 amide bonds. The number of nitrogens with zero attached hydrogens (tertiary/aromatic N) is 2. The van der Waals surface area contributed by atoms with Crippen molar-refractivity contribution in [1.29, 1.82) is 0 Å². The third-order valence-electron chi connectivity index (χ3n) is 3.51. The normalized spacial score (nSPS) is 19.4. The van der Waals surface area contributed by atoms with E-state index in [0.717, 1.165) is 24.2 Å². The van der Waals surface area contributed by atoms with E-state index in [-0.39, 0.29) is 17.2 Å². The molecule has 20 heavy (non-hydrogen) atoms. The Morgan fingerprint density at radius 2 is 1.90 bits per heavy atom. The van der Waals surface area contributed by atoms with Gasteiger partial charge in [-0.25, -0.2) is 5.01 Å². The van der Waals surface area contributed by atoms with Gasteiger partial charge >= 0.3 is 0 Å². The van der Waals surface area contributed by atoms with E-state index >= 15 is 0 Å². The monoisotopic (exact) mass is 273 g/mol. The molecule has 0 aromatic heterocycles. The van der Waals surface area contributed by atoms with Crippen molar-refractivity contribution in [2.45, 2.75) is 33.6 Å². The number of rotatable bonds is 4. The molecule has 0 saturated carbocycles. The van der Waals surface area contributed by atoms with Crippen molar-refractivity contribution in [3.8, 4) is 0 Å². The van der Waals surface area contributed by atoms with Gasteiger partial charge in [-0.3, -0.25) is 4.79 Å². The molecule has 0 aliphatic carbocycles. The van der Waals surface area contributed by atoms with E-state index < -0.39 is 0 Å². The van der Waals surface area contributed by atoms with Crippen LogP contribution in [0.5, 0.6) is 0 Å². The van der Waals surface area contributed by atoms with Gasteiger partial charge in [0.05, 0.1) is 17.3 Å². The first-order valence-corrected chi connectivity index (χ1v) is 7.13. The van der Waals surface area contributed by atoms with E-state index in [0.29, 0.717) is 6.54 Å². The SMILES string of the molecule is CC(C)(C)C1=NN(c2ccccc2)C(=O)C1CCCN. The lowest BCUT2D eigenvalue weighted by atomic mass is 9.80. The Morgan fingerprint density at radius 1 is 1.25 bits per heavy atom. The predicted octanol–water partition coefficient (Wildman–Crippen LogP) is 2.79. The number of nitrogens with two attached hydrogens (primary N) is 1. The van der Waals surface area contributed by atoms with Crippen molar-refractivity contribution in [3.63, 3.8) is 0 Å². The minimum absolute atomic E-state index is 0.0644. The van der Waals surface area contributed by atoms with E-state index in [9.17, 15) is 4.79 Å². The molecule has 0 fully saturated rings. The van der Waals surface area contributed by atoms with Crippen molar-refractivity contribution in [2.75, 3.05) is 11.6 Å². The van der Waals surface area contributed by atoms with Crippen LogP contribution < -0.4 is 10.7 Å². The summed E-state index contributed by atoms with van der Waals surface area (Å²) >= 11 is 0. The standard InChI is InChI=1S/C16H23N3O/c1-16(2,3)14-13(10-7-11-17)15(20)19(18-14)12-8-5-4-6-9-12/h4-6,8-9,13H,7,10-11,17H2,1-3H3. The Labute approximate surface area is 120 Å². The van der Waals surface area contributed by atoms with Crippen molar-refractivity contribution >= 4 is 17.3 Å². The summed E-state index contributed by atoms with van der Waals surface area (Å²) < 4.78 is 0. The fourth-order valence-corrected chi connectivity index (χ4v) is 2.50. The molecule has 0 saturated heterocycles.